The Hall–Kier alpha value is -1.55. The van der Waals surface area contributed by atoms with Crippen molar-refractivity contribution in [2.75, 3.05) is 0 Å². The Kier molecular flexibility index (Phi) is 2.33. The molecule has 0 aliphatic heterocycles. The standard InChI is InChI=1S/C13H12BrN3/c1-8-15-12(13(14)16-8)10-7-17(2)11-6-4-3-5-9(10)11/h3-7H,1-2H3,(H,15,16). The highest BCUT2D eigenvalue weighted by Crippen LogP contribution is 2.33. The zero-order chi connectivity index (χ0) is 12.0. The number of hydrogen-bond donors (Lipinski definition) is 1. The largest absolute Gasteiger partial charge is 0.350 e. The number of fused-ring (bicyclic) bond motifs is 1. The average Bonchev–Trinajstić information content (AvgIpc) is 2.80. The van der Waals surface area contributed by atoms with Crippen LogP contribution in [0.15, 0.2) is 35.1 Å². The predicted octanol–water partition coefficient (Wildman–Crippen LogP) is 3.64. The van der Waals surface area contributed by atoms with Crippen LogP contribution in [0.3, 0.4) is 0 Å². The summed E-state index contributed by atoms with van der Waals surface area (Å²) in [5.41, 5.74) is 3.34. The smallest absolute Gasteiger partial charge is 0.110 e. The minimum atomic E-state index is 0.916. The van der Waals surface area contributed by atoms with Gasteiger partial charge in [0.1, 0.15) is 16.1 Å². The van der Waals surface area contributed by atoms with E-state index < -0.39 is 0 Å². The fourth-order valence-electron chi connectivity index (χ4n) is 2.17. The second-order valence-corrected chi connectivity index (χ2v) is 4.95. The zero-order valence-electron chi connectivity index (χ0n) is 9.66. The maximum atomic E-state index is 4.53. The lowest BCUT2D eigenvalue weighted by Crippen LogP contribution is -1.81. The number of aromatic nitrogens is 3. The predicted molar refractivity (Wildman–Crippen MR) is 72.9 cm³/mol. The van der Waals surface area contributed by atoms with Gasteiger partial charge in [-0.15, -0.1) is 0 Å². The van der Waals surface area contributed by atoms with E-state index in [1.54, 1.807) is 0 Å². The minimum absolute atomic E-state index is 0.916. The number of H-pyrrole nitrogens is 1. The van der Waals surface area contributed by atoms with Crippen LogP contribution < -0.4 is 0 Å². The molecule has 4 heteroatoms. The second-order valence-electron chi connectivity index (χ2n) is 4.16. The summed E-state index contributed by atoms with van der Waals surface area (Å²) in [5.74, 6) is 0.916. The van der Waals surface area contributed by atoms with Gasteiger partial charge >= 0.3 is 0 Å². The van der Waals surface area contributed by atoms with Gasteiger partial charge in [-0.3, -0.25) is 0 Å². The summed E-state index contributed by atoms with van der Waals surface area (Å²) in [6.45, 7) is 1.96. The van der Waals surface area contributed by atoms with Crippen LogP contribution in [0.1, 0.15) is 5.82 Å². The number of para-hydroxylation sites is 1. The highest BCUT2D eigenvalue weighted by atomic mass is 79.9. The van der Waals surface area contributed by atoms with Gasteiger partial charge in [-0.25, -0.2) is 4.98 Å². The summed E-state index contributed by atoms with van der Waals surface area (Å²) in [6, 6.07) is 8.35. The Morgan fingerprint density at radius 2 is 2.06 bits per heavy atom. The van der Waals surface area contributed by atoms with Gasteiger partial charge in [-0.2, -0.15) is 0 Å². The van der Waals surface area contributed by atoms with Gasteiger partial charge in [0, 0.05) is 29.7 Å². The number of aromatic amines is 1. The van der Waals surface area contributed by atoms with Crippen molar-refractivity contribution in [1.82, 2.24) is 14.5 Å². The first-order valence-corrected chi connectivity index (χ1v) is 6.22. The van der Waals surface area contributed by atoms with Crippen molar-refractivity contribution in [3.63, 3.8) is 0 Å². The van der Waals surface area contributed by atoms with E-state index in [2.05, 4.69) is 68.0 Å². The van der Waals surface area contributed by atoms with Crippen LogP contribution in [0, 0.1) is 6.92 Å². The molecule has 3 rings (SSSR count). The third kappa shape index (κ3) is 1.60. The van der Waals surface area contributed by atoms with E-state index in [1.165, 1.54) is 10.9 Å². The molecule has 17 heavy (non-hydrogen) atoms. The van der Waals surface area contributed by atoms with Crippen molar-refractivity contribution in [2.45, 2.75) is 6.92 Å². The van der Waals surface area contributed by atoms with E-state index in [0.717, 1.165) is 21.7 Å². The van der Waals surface area contributed by atoms with Crippen molar-refractivity contribution in [3.8, 4) is 11.3 Å². The molecule has 1 N–H and O–H groups in total. The van der Waals surface area contributed by atoms with Gasteiger partial charge in [0.2, 0.25) is 0 Å². The topological polar surface area (TPSA) is 33.6 Å². The van der Waals surface area contributed by atoms with E-state index in [4.69, 9.17) is 0 Å². The molecule has 0 radical (unpaired) electrons. The Morgan fingerprint density at radius 1 is 1.29 bits per heavy atom. The normalized spacial score (nSPS) is 11.2. The van der Waals surface area contributed by atoms with Crippen molar-refractivity contribution >= 4 is 26.8 Å². The molecule has 0 aliphatic carbocycles. The molecule has 3 aromatic rings. The van der Waals surface area contributed by atoms with Gasteiger partial charge in [0.25, 0.3) is 0 Å². The SMILES string of the molecule is Cc1nc(-c2cn(C)c3ccccc23)c(Br)[nH]1. The lowest BCUT2D eigenvalue weighted by molar-refractivity contribution is 0.969. The zero-order valence-corrected chi connectivity index (χ0v) is 11.2. The summed E-state index contributed by atoms with van der Waals surface area (Å²) in [5, 5.41) is 1.22. The van der Waals surface area contributed by atoms with Crippen LogP contribution in [-0.2, 0) is 7.05 Å². The number of rotatable bonds is 1. The minimum Gasteiger partial charge on any atom is -0.350 e. The monoisotopic (exact) mass is 289 g/mol. The number of imidazole rings is 1. The first-order chi connectivity index (χ1) is 8.16. The average molecular weight is 290 g/mol. The van der Waals surface area contributed by atoms with E-state index in [-0.39, 0.29) is 0 Å². The number of hydrogen-bond acceptors (Lipinski definition) is 1. The summed E-state index contributed by atoms with van der Waals surface area (Å²) >= 11 is 3.52. The molecular formula is C13H12BrN3. The number of halogens is 1. The van der Waals surface area contributed by atoms with Gasteiger partial charge in [0.15, 0.2) is 0 Å². The van der Waals surface area contributed by atoms with Gasteiger partial charge in [-0.1, -0.05) is 18.2 Å². The maximum absolute atomic E-state index is 4.53. The number of aryl methyl sites for hydroxylation is 2. The summed E-state index contributed by atoms with van der Waals surface area (Å²) in [6.07, 6.45) is 2.12. The maximum Gasteiger partial charge on any atom is 0.110 e. The van der Waals surface area contributed by atoms with Crippen molar-refractivity contribution in [3.05, 3.63) is 40.9 Å². The molecule has 0 bridgehead atoms. The number of benzene rings is 1. The first kappa shape index (κ1) is 10.6. The Balaban J connectivity index is 2.34. The molecule has 0 fully saturated rings. The van der Waals surface area contributed by atoms with Crippen LogP contribution in [-0.4, -0.2) is 14.5 Å². The summed E-state index contributed by atoms with van der Waals surface area (Å²) in [4.78, 5) is 7.70. The van der Waals surface area contributed by atoms with Gasteiger partial charge < -0.3 is 9.55 Å². The molecule has 0 spiro atoms. The van der Waals surface area contributed by atoms with E-state index >= 15 is 0 Å². The number of nitrogens with one attached hydrogen (secondary N) is 1. The quantitative estimate of drug-likeness (QED) is 0.729. The van der Waals surface area contributed by atoms with Crippen molar-refractivity contribution < 1.29 is 0 Å². The highest BCUT2D eigenvalue weighted by molar-refractivity contribution is 9.10. The van der Waals surface area contributed by atoms with E-state index in [0.29, 0.717) is 0 Å². The van der Waals surface area contributed by atoms with Crippen LogP contribution >= 0.6 is 15.9 Å². The van der Waals surface area contributed by atoms with E-state index in [1.807, 2.05) is 6.92 Å². The molecule has 3 nitrogen and oxygen atoms in total. The Morgan fingerprint density at radius 3 is 2.76 bits per heavy atom. The van der Waals surface area contributed by atoms with Gasteiger partial charge in [0.05, 0.1) is 0 Å². The van der Waals surface area contributed by atoms with Gasteiger partial charge in [-0.05, 0) is 28.9 Å². The molecule has 0 unspecified atom stereocenters. The van der Waals surface area contributed by atoms with Crippen molar-refractivity contribution in [2.24, 2.45) is 7.05 Å². The third-order valence-electron chi connectivity index (χ3n) is 2.93. The molecule has 0 amide bonds. The Labute approximate surface area is 108 Å². The molecule has 0 saturated carbocycles. The molecular weight excluding hydrogens is 278 g/mol. The summed E-state index contributed by atoms with van der Waals surface area (Å²) < 4.78 is 3.06. The molecule has 2 heterocycles. The first-order valence-electron chi connectivity index (χ1n) is 5.43. The van der Waals surface area contributed by atoms with Crippen LogP contribution in [0.4, 0.5) is 0 Å². The fraction of sp³-hybridized carbons (Fsp3) is 0.154. The molecule has 0 atom stereocenters. The molecule has 2 aromatic heterocycles. The van der Waals surface area contributed by atoms with E-state index in [9.17, 15) is 0 Å². The second kappa shape index (κ2) is 3.74. The Bertz CT molecular complexity index is 694. The van der Waals surface area contributed by atoms with Crippen LogP contribution in [0.2, 0.25) is 0 Å². The van der Waals surface area contributed by atoms with Crippen LogP contribution in [0.25, 0.3) is 22.2 Å². The number of nitrogens with zero attached hydrogens (tertiary/aromatic N) is 2. The fourth-order valence-corrected chi connectivity index (χ4v) is 2.76. The third-order valence-corrected chi connectivity index (χ3v) is 3.50. The summed E-state index contributed by atoms with van der Waals surface area (Å²) in [7, 11) is 2.05. The molecule has 1 aromatic carbocycles. The molecule has 86 valence electrons. The lowest BCUT2D eigenvalue weighted by Gasteiger charge is -1.95. The molecule has 0 saturated heterocycles. The highest BCUT2D eigenvalue weighted by Gasteiger charge is 2.13. The molecule has 0 aliphatic rings. The lowest BCUT2D eigenvalue weighted by atomic mass is 10.1. The van der Waals surface area contributed by atoms with Crippen LogP contribution in [0.5, 0.6) is 0 Å². The van der Waals surface area contributed by atoms with Crippen molar-refractivity contribution in [1.29, 1.82) is 0 Å².